The highest BCUT2D eigenvalue weighted by Crippen LogP contribution is 1.73. The summed E-state index contributed by atoms with van der Waals surface area (Å²) in [5.41, 5.74) is 4.87. The lowest BCUT2D eigenvalue weighted by molar-refractivity contribution is 0.125. The van der Waals surface area contributed by atoms with Gasteiger partial charge in [0.1, 0.15) is 0 Å². The van der Waals surface area contributed by atoms with E-state index in [-0.39, 0.29) is 18.9 Å². The first kappa shape index (κ1) is 6.39. The molecule has 0 heterocycles. The summed E-state index contributed by atoms with van der Waals surface area (Å²) < 4.78 is 0. The summed E-state index contributed by atoms with van der Waals surface area (Å²) in [4.78, 5) is 3.63. The van der Waals surface area contributed by atoms with E-state index in [0.717, 1.165) is 0 Å². The lowest BCUT2D eigenvalue weighted by Crippen LogP contribution is -2.11. The topological polar surface area (TPSA) is 81.4 Å². The van der Waals surface area contributed by atoms with Crippen LogP contribution in [0.15, 0.2) is 0 Å². The van der Waals surface area contributed by atoms with E-state index >= 15 is 0 Å². The molecule has 0 unspecified atom stereocenters. The van der Waals surface area contributed by atoms with Crippen molar-refractivity contribution in [2.45, 2.75) is 6.42 Å². The molecule has 7 heavy (non-hydrogen) atoms. The van der Waals surface area contributed by atoms with E-state index in [1.54, 1.807) is 0 Å². The summed E-state index contributed by atoms with van der Waals surface area (Å²) >= 11 is 0. The van der Waals surface area contributed by atoms with Crippen LogP contribution < -0.4 is 11.6 Å². The second-order valence-corrected chi connectivity index (χ2v) is 1.11. The second kappa shape index (κ2) is 3.58. The molecule has 0 rings (SSSR count). The van der Waals surface area contributed by atoms with Crippen LogP contribution in [0.3, 0.4) is 0 Å². The largest absolute Gasteiger partial charge is 0.388 e. The van der Waals surface area contributed by atoms with Gasteiger partial charge in [0.2, 0.25) is 0 Å². The van der Waals surface area contributed by atoms with Crippen LogP contribution in [0.25, 0.3) is 0 Å². The average molecular weight is 101 g/mol. The van der Waals surface area contributed by atoms with Crippen LogP contribution in [0.5, 0.6) is 0 Å². The van der Waals surface area contributed by atoms with Crippen molar-refractivity contribution in [3.63, 3.8) is 0 Å². The summed E-state index contributed by atoms with van der Waals surface area (Å²) in [6.07, 6.45) is 0.288. The third-order valence-corrected chi connectivity index (χ3v) is 0.463. The van der Waals surface area contributed by atoms with Gasteiger partial charge in [-0.3, -0.25) is 10.2 Å². The van der Waals surface area contributed by atoms with E-state index in [0.29, 0.717) is 0 Å². The van der Waals surface area contributed by atoms with Crippen LogP contribution in [0.4, 0.5) is 0 Å². The van der Waals surface area contributed by atoms with Gasteiger partial charge in [-0.1, -0.05) is 0 Å². The summed E-state index contributed by atoms with van der Waals surface area (Å²) in [6.45, 7) is 0.106. The zero-order valence-corrected chi connectivity index (χ0v) is 3.85. The van der Waals surface area contributed by atoms with Crippen molar-refractivity contribution in [3.05, 3.63) is 0 Å². The van der Waals surface area contributed by atoms with Crippen LogP contribution >= 0.6 is 0 Å². The van der Waals surface area contributed by atoms with Crippen molar-refractivity contribution in [3.8, 4) is 0 Å². The molecule has 0 aliphatic carbocycles. The Morgan fingerprint density at radius 3 is 2.57 bits per heavy atom. The third-order valence-electron chi connectivity index (χ3n) is 0.463. The summed E-state index contributed by atoms with van der Waals surface area (Å²) in [6, 6.07) is 0. The van der Waals surface area contributed by atoms with Gasteiger partial charge in [-0.15, -0.1) is 0 Å². The quantitative estimate of drug-likeness (QED) is 0.280. The van der Waals surface area contributed by atoms with Crippen LogP contribution in [0, 0.1) is 5.41 Å². The molecule has 0 aromatic heterocycles. The van der Waals surface area contributed by atoms with Crippen molar-refractivity contribution in [1.29, 1.82) is 5.41 Å². The Morgan fingerprint density at radius 2 is 2.43 bits per heavy atom. The molecule has 0 aromatic rings. The maximum absolute atomic E-state index is 7.66. The Bertz CT molecular complexity index is 63.2. The van der Waals surface area contributed by atoms with E-state index < -0.39 is 0 Å². The zero-order valence-electron chi connectivity index (χ0n) is 3.85. The summed E-state index contributed by atoms with van der Waals surface area (Å²) in [5.74, 6) is 7.69. The Balaban J connectivity index is 2.82. The van der Waals surface area contributed by atoms with Gasteiger partial charge in [0, 0.05) is 12.3 Å². The zero-order chi connectivity index (χ0) is 5.70. The van der Waals surface area contributed by atoms with Crippen molar-refractivity contribution in [2.24, 2.45) is 5.73 Å². The van der Waals surface area contributed by atoms with Crippen LogP contribution in [0.1, 0.15) is 6.42 Å². The molecule has 0 bridgehead atoms. The molecular weight excluding hydrogens is 94.1 g/mol. The number of nitrogens with two attached hydrogens (primary N) is 1. The number of hydrogen-bond acceptors (Lipinski definition) is 2. The van der Waals surface area contributed by atoms with Gasteiger partial charge in [-0.2, -0.15) is 0 Å². The molecule has 0 aliphatic rings. The fourth-order valence-electron chi connectivity index (χ4n) is 0.156. The van der Waals surface area contributed by atoms with Crippen molar-refractivity contribution in [1.82, 2.24) is 5.90 Å². The first-order chi connectivity index (χ1) is 3.27. The molecule has 0 amide bonds. The normalized spacial score (nSPS) is 8.71. The average Bonchev–Trinajstić information content (AvgIpc) is 1.61. The van der Waals surface area contributed by atoms with Gasteiger partial charge in [0.15, 0.2) is 0 Å². The standard InChI is InChI=1S/C3H7N3O/c4-3(5)1-2-7-6/h1-2H2,(H3,4,5). The van der Waals surface area contributed by atoms with Crippen molar-refractivity contribution in [2.75, 3.05) is 6.61 Å². The molecule has 0 spiro atoms. The Morgan fingerprint density at radius 1 is 1.86 bits per heavy atom. The second-order valence-electron chi connectivity index (χ2n) is 1.11. The third kappa shape index (κ3) is 5.39. The number of nitrogens with zero attached hydrogens (tertiary/aromatic N) is 1. The lowest BCUT2D eigenvalue weighted by atomic mass is 10.4. The molecule has 0 saturated carbocycles. The molecule has 0 aliphatic heterocycles. The number of rotatable bonds is 3. The van der Waals surface area contributed by atoms with E-state index in [1.165, 1.54) is 0 Å². The molecule has 0 fully saturated rings. The Hall–Kier alpha value is -0.610. The molecule has 40 valence electrons. The number of nitrogens with one attached hydrogen (secondary N) is 1. The monoisotopic (exact) mass is 101 g/mol. The van der Waals surface area contributed by atoms with Gasteiger partial charge in [-0.25, -0.2) is 0 Å². The van der Waals surface area contributed by atoms with Crippen LogP contribution in [-0.4, -0.2) is 12.4 Å². The fourth-order valence-corrected chi connectivity index (χ4v) is 0.156. The lowest BCUT2D eigenvalue weighted by Gasteiger charge is -1.89. The molecule has 4 nitrogen and oxygen atoms in total. The molecule has 0 atom stereocenters. The van der Waals surface area contributed by atoms with E-state index in [4.69, 9.17) is 17.0 Å². The predicted molar refractivity (Wildman–Crippen MR) is 24.6 cm³/mol. The van der Waals surface area contributed by atoms with E-state index in [2.05, 4.69) is 4.84 Å². The maximum atomic E-state index is 7.66. The molecule has 3 N–H and O–H groups in total. The highest BCUT2D eigenvalue weighted by atomic mass is 16.6. The van der Waals surface area contributed by atoms with E-state index in [1.807, 2.05) is 0 Å². The SMILES string of the molecule is [N]OCCC(=N)N. The number of hydrogen-bond donors (Lipinski definition) is 2. The molecule has 2 radical (unpaired) electrons. The van der Waals surface area contributed by atoms with Gasteiger partial charge < -0.3 is 5.73 Å². The predicted octanol–water partition coefficient (Wildman–Crippen LogP) is -0.687. The Labute approximate surface area is 41.9 Å². The first-order valence-electron chi connectivity index (χ1n) is 1.86. The highest BCUT2D eigenvalue weighted by molar-refractivity contribution is 5.76. The first-order valence-corrected chi connectivity index (χ1v) is 1.86. The smallest absolute Gasteiger partial charge is 0.0929 e. The van der Waals surface area contributed by atoms with Gasteiger partial charge in [0.05, 0.1) is 12.4 Å². The van der Waals surface area contributed by atoms with Crippen LogP contribution in [0.2, 0.25) is 0 Å². The molecule has 0 saturated heterocycles. The molecule has 0 aromatic carbocycles. The van der Waals surface area contributed by atoms with Crippen LogP contribution in [-0.2, 0) is 4.84 Å². The van der Waals surface area contributed by atoms with E-state index in [9.17, 15) is 0 Å². The summed E-state index contributed by atoms with van der Waals surface area (Å²) in [5, 5.41) is 6.58. The van der Waals surface area contributed by atoms with Crippen molar-refractivity contribution >= 4 is 5.84 Å². The minimum absolute atomic E-state index is 0.0223. The Kier molecular flexibility index (Phi) is 3.26. The fraction of sp³-hybridized carbons (Fsp3) is 0.667. The van der Waals surface area contributed by atoms with Gasteiger partial charge in [-0.05, 0) is 0 Å². The van der Waals surface area contributed by atoms with Gasteiger partial charge in [0.25, 0.3) is 0 Å². The molecule has 4 heteroatoms. The minimum Gasteiger partial charge on any atom is -0.388 e. The van der Waals surface area contributed by atoms with Gasteiger partial charge >= 0.3 is 0 Å². The highest BCUT2D eigenvalue weighted by Gasteiger charge is 1.85. The number of amidine groups is 1. The maximum Gasteiger partial charge on any atom is 0.0929 e. The van der Waals surface area contributed by atoms with Crippen molar-refractivity contribution < 1.29 is 4.84 Å². The summed E-state index contributed by atoms with van der Waals surface area (Å²) in [7, 11) is 0. The minimum atomic E-state index is 0.0223. The molecular formula is C3H7N3O.